The molecule has 288 valence electrons. The van der Waals surface area contributed by atoms with E-state index in [9.17, 15) is 79.5 Å². The number of halogens is 17. The monoisotopic (exact) mass is 806 g/mol. The Morgan fingerprint density at radius 2 is 1.30 bits per heavy atom. The molecule has 29 heteroatoms. The molecule has 1 aliphatic heterocycles. The van der Waals surface area contributed by atoms with Crippen LogP contribution in [0.25, 0.3) is 11.2 Å². The van der Waals surface area contributed by atoms with Gasteiger partial charge in [0.2, 0.25) is 0 Å². The second-order valence-corrected chi connectivity index (χ2v) is 12.9. The summed E-state index contributed by atoms with van der Waals surface area (Å²) in [5.41, 5.74) is -1.86. The molecule has 2 aromatic heterocycles. The Kier molecular flexibility index (Phi) is 10.9. The first-order chi connectivity index (χ1) is 22.3. The number of methoxy groups -OCH3 is 1. The fourth-order valence-corrected chi connectivity index (χ4v) is 5.29. The Balaban J connectivity index is 2.05. The quantitative estimate of drug-likeness (QED) is 0.136. The molecule has 0 bridgehead atoms. The lowest BCUT2D eigenvalue weighted by molar-refractivity contribution is -0.460. The van der Waals surface area contributed by atoms with Crippen LogP contribution >= 0.6 is 6.72 Å². The summed E-state index contributed by atoms with van der Waals surface area (Å²) in [5.74, 6) is -52.8. The van der Waals surface area contributed by atoms with Gasteiger partial charge in [0.1, 0.15) is 25.3 Å². The molecule has 2 aromatic rings. The average Bonchev–Trinajstić information content (AvgIpc) is 3.56. The van der Waals surface area contributed by atoms with E-state index in [1.54, 1.807) is 0 Å². The minimum Gasteiger partial charge on any atom is -0.780 e. The van der Waals surface area contributed by atoms with Crippen molar-refractivity contribution < 1.29 is 98.1 Å². The maximum absolute atomic E-state index is 14.7. The minimum atomic E-state index is -8.78. The van der Waals surface area contributed by atoms with Gasteiger partial charge < -0.3 is 28.7 Å². The molecule has 1 saturated heterocycles. The van der Waals surface area contributed by atoms with Crippen molar-refractivity contribution in [1.29, 1.82) is 0 Å². The van der Waals surface area contributed by atoms with Gasteiger partial charge in [-0.05, 0) is 6.42 Å². The van der Waals surface area contributed by atoms with Crippen LogP contribution < -0.4 is 10.2 Å². The van der Waals surface area contributed by atoms with Crippen LogP contribution in [0.15, 0.2) is 12.7 Å². The average molecular weight is 806 g/mol. The number of aromatic nitrogens is 4. The van der Waals surface area contributed by atoms with Gasteiger partial charge in [-0.3, -0.25) is 4.57 Å². The lowest BCUT2D eigenvalue weighted by Gasteiger charge is -2.42. The lowest BCUT2D eigenvalue weighted by atomic mass is 9.90. The molecular weight excluding hydrogens is 788 g/mol. The van der Waals surface area contributed by atoms with Gasteiger partial charge in [0.05, 0.1) is 12.4 Å². The van der Waals surface area contributed by atoms with Gasteiger partial charge in [-0.2, -0.15) is 74.6 Å². The molecular formula is C21H18F17N5O5PS-. The Morgan fingerprint density at radius 1 is 0.800 bits per heavy atom. The predicted molar refractivity (Wildman–Crippen MR) is 131 cm³/mol. The molecule has 10 nitrogen and oxygen atoms in total. The number of hydrogen-bond acceptors (Lipinski definition) is 10. The number of fused-ring (bicyclic) bond motifs is 1. The van der Waals surface area contributed by atoms with Gasteiger partial charge in [0.25, 0.3) is 0 Å². The second-order valence-electron chi connectivity index (χ2n) is 10.1. The van der Waals surface area contributed by atoms with Crippen LogP contribution in [-0.2, 0) is 30.3 Å². The van der Waals surface area contributed by atoms with E-state index in [2.05, 4.69) is 31.3 Å². The molecule has 3 heterocycles. The summed E-state index contributed by atoms with van der Waals surface area (Å²) in [6.07, 6.45) is -12.1. The van der Waals surface area contributed by atoms with Crippen LogP contribution in [-0.4, -0.2) is 99.8 Å². The van der Waals surface area contributed by atoms with E-state index in [0.717, 1.165) is 18.8 Å². The fraction of sp³-hybridized carbons (Fsp3) is 0.762. The summed E-state index contributed by atoms with van der Waals surface area (Å²) in [7, 11) is 1.99. The Hall–Kier alpha value is -2.39. The summed E-state index contributed by atoms with van der Waals surface area (Å²) in [6.45, 7) is -2.64. The van der Waals surface area contributed by atoms with E-state index in [1.165, 1.54) is 6.92 Å². The number of ether oxygens (including phenoxy) is 2. The third-order valence-corrected chi connectivity index (χ3v) is 8.72. The SMILES string of the molecule is CCC1OC(n2cnc3c(NC(F)(F)C(F)(F)C(F)(F)C(F)(F)C(F)(F)C(F)(F)C(F)(F)C(F)(F)F)ncnc32)C(OC)C1OP([O-])(=S)OC. The molecule has 1 N–H and O–H groups in total. The molecule has 0 aliphatic carbocycles. The molecule has 1 fully saturated rings. The number of imidazole rings is 1. The van der Waals surface area contributed by atoms with Crippen molar-refractivity contribution in [2.45, 2.75) is 85.6 Å². The van der Waals surface area contributed by atoms with Crippen LogP contribution in [0.1, 0.15) is 19.6 Å². The Labute approximate surface area is 271 Å². The number of nitrogens with zero attached hydrogens (tertiary/aromatic N) is 4. The third kappa shape index (κ3) is 6.24. The molecule has 50 heavy (non-hydrogen) atoms. The highest BCUT2D eigenvalue weighted by Gasteiger charge is 2.95. The largest absolute Gasteiger partial charge is 0.780 e. The highest BCUT2D eigenvalue weighted by atomic mass is 32.5. The highest BCUT2D eigenvalue weighted by molar-refractivity contribution is 8.06. The van der Waals surface area contributed by atoms with Crippen molar-refractivity contribution >= 4 is 35.5 Å². The van der Waals surface area contributed by atoms with Crippen molar-refractivity contribution in [3.8, 4) is 0 Å². The topological polar surface area (TPSA) is 116 Å². The van der Waals surface area contributed by atoms with Crippen LogP contribution in [0, 0.1) is 0 Å². The van der Waals surface area contributed by atoms with E-state index >= 15 is 0 Å². The molecule has 0 amide bonds. The molecule has 0 saturated carbocycles. The van der Waals surface area contributed by atoms with Gasteiger partial charge in [-0.1, -0.05) is 18.7 Å². The smallest absolute Gasteiger partial charge is 0.460 e. The van der Waals surface area contributed by atoms with Crippen molar-refractivity contribution in [1.82, 2.24) is 19.5 Å². The number of anilines is 1. The molecule has 0 aromatic carbocycles. The first kappa shape index (κ1) is 42.0. The molecule has 1 aliphatic rings. The van der Waals surface area contributed by atoms with Gasteiger partial charge in [-0.15, -0.1) is 0 Å². The molecule has 5 unspecified atom stereocenters. The number of nitrogens with one attached hydrogen (secondary N) is 1. The highest BCUT2D eigenvalue weighted by Crippen LogP contribution is 2.64. The van der Waals surface area contributed by atoms with Crippen LogP contribution in [0.3, 0.4) is 0 Å². The van der Waals surface area contributed by atoms with Gasteiger partial charge in [-0.25, -0.2) is 15.0 Å². The molecule has 0 spiro atoms. The van der Waals surface area contributed by atoms with E-state index < -0.39 is 96.0 Å². The fourth-order valence-electron chi connectivity index (χ4n) is 4.35. The van der Waals surface area contributed by atoms with Gasteiger partial charge in [0, 0.05) is 14.2 Å². The molecule has 3 rings (SSSR count). The maximum atomic E-state index is 14.7. The predicted octanol–water partition coefficient (Wildman–Crippen LogP) is 6.14. The first-order valence-corrected chi connectivity index (χ1v) is 15.3. The normalized spacial score (nSPS) is 23.4. The third-order valence-electron chi connectivity index (χ3n) is 7.06. The zero-order valence-corrected chi connectivity index (χ0v) is 26.0. The Morgan fingerprint density at radius 3 is 1.76 bits per heavy atom. The number of alkyl halides is 17. The van der Waals surface area contributed by atoms with E-state index in [0.29, 0.717) is 6.33 Å². The van der Waals surface area contributed by atoms with Crippen LogP contribution in [0.2, 0.25) is 0 Å². The zero-order valence-electron chi connectivity index (χ0n) is 24.3. The van der Waals surface area contributed by atoms with Crippen molar-refractivity contribution in [2.24, 2.45) is 0 Å². The summed E-state index contributed by atoms with van der Waals surface area (Å²) in [4.78, 5) is 22.3. The Bertz CT molecular complexity index is 1600. The van der Waals surface area contributed by atoms with E-state index in [4.69, 9.17) is 14.0 Å². The number of hydrogen-bond donors (Lipinski definition) is 1. The summed E-state index contributed by atoms with van der Waals surface area (Å²) in [5, 5.41) is 0.173. The summed E-state index contributed by atoms with van der Waals surface area (Å²) in [6, 6.07) is -7.00. The molecule has 5 atom stereocenters. The van der Waals surface area contributed by atoms with Gasteiger partial charge >= 0.3 is 47.8 Å². The first-order valence-electron chi connectivity index (χ1n) is 12.8. The van der Waals surface area contributed by atoms with Crippen molar-refractivity contribution in [2.75, 3.05) is 19.5 Å². The van der Waals surface area contributed by atoms with E-state index in [-0.39, 0.29) is 18.1 Å². The lowest BCUT2D eigenvalue weighted by Crippen LogP contribution is -2.75. The maximum Gasteiger partial charge on any atom is 0.460 e. The minimum absolute atomic E-state index is 0.0769. The van der Waals surface area contributed by atoms with E-state index in [1.807, 2.05) is 0 Å². The summed E-state index contributed by atoms with van der Waals surface area (Å²) >= 11 is 4.68. The summed E-state index contributed by atoms with van der Waals surface area (Å²) < 4.78 is 254. The van der Waals surface area contributed by atoms with Crippen molar-refractivity contribution in [3.63, 3.8) is 0 Å². The standard InChI is InChI=1S/C21H19F17N5O5PS/c1-4-7-9(48-49(44,50)46-3)10(45-2)13(47-7)43-6-41-8-11(39-5-40-12(8)43)42-21(37,38)19(32,33)17(28,29)15(24,25)14(22,23)16(26,27)18(30,31)20(34,35)36/h5-7,9-10,13H,4H2,1-3H3,(H,44,50)(H,39,40,42)/p-1. The van der Waals surface area contributed by atoms with Crippen LogP contribution in [0.5, 0.6) is 0 Å². The van der Waals surface area contributed by atoms with Gasteiger partial charge in [0.15, 0.2) is 23.2 Å². The zero-order chi connectivity index (χ0) is 38.9. The second kappa shape index (κ2) is 12.9. The van der Waals surface area contributed by atoms with Crippen molar-refractivity contribution in [3.05, 3.63) is 12.7 Å². The molecule has 0 radical (unpaired) electrons. The number of rotatable bonds is 14. The van der Waals surface area contributed by atoms with Crippen LogP contribution in [0.4, 0.5) is 80.5 Å².